The van der Waals surface area contributed by atoms with E-state index < -0.39 is 48.5 Å². The van der Waals surface area contributed by atoms with Crippen LogP contribution in [0.25, 0.3) is 0 Å². The SMILES string of the molecule is CC1c2ccccc2OC(C)(OC2O[C@H](CO)[C@@H](O)[C@H](O)[C@H]2O)C1(C)C. The van der Waals surface area contributed by atoms with Crippen molar-refractivity contribution in [2.24, 2.45) is 5.41 Å². The Balaban J connectivity index is 1.90. The van der Waals surface area contributed by atoms with Crippen LogP contribution in [0, 0.1) is 5.41 Å². The molecule has 7 atom stereocenters. The van der Waals surface area contributed by atoms with Crippen LogP contribution < -0.4 is 4.74 Å². The molecule has 3 rings (SSSR count). The molecule has 0 radical (unpaired) electrons. The van der Waals surface area contributed by atoms with Crippen molar-refractivity contribution in [1.29, 1.82) is 0 Å². The zero-order chi connectivity index (χ0) is 19.3. The van der Waals surface area contributed by atoms with Gasteiger partial charge in [0.05, 0.1) is 6.61 Å². The van der Waals surface area contributed by atoms with Gasteiger partial charge in [-0.15, -0.1) is 0 Å². The summed E-state index contributed by atoms with van der Waals surface area (Å²) in [7, 11) is 0. The van der Waals surface area contributed by atoms with E-state index in [1.807, 2.05) is 38.1 Å². The number of fused-ring (bicyclic) bond motifs is 1. The lowest BCUT2D eigenvalue weighted by molar-refractivity contribution is -0.375. The van der Waals surface area contributed by atoms with Gasteiger partial charge in [-0.2, -0.15) is 0 Å². The Labute approximate surface area is 153 Å². The van der Waals surface area contributed by atoms with Gasteiger partial charge < -0.3 is 34.6 Å². The smallest absolute Gasteiger partial charge is 0.216 e. The normalized spacial score (nSPS) is 42.0. The maximum absolute atomic E-state index is 10.3. The third kappa shape index (κ3) is 2.93. The second-order valence-corrected chi connectivity index (χ2v) is 7.84. The molecule has 0 amide bonds. The lowest BCUT2D eigenvalue weighted by Crippen LogP contribution is -2.64. The number of hydrogen-bond acceptors (Lipinski definition) is 7. The highest BCUT2D eigenvalue weighted by Gasteiger charge is 2.56. The average Bonchev–Trinajstić information content (AvgIpc) is 2.61. The van der Waals surface area contributed by atoms with Crippen LogP contribution in [-0.2, 0) is 9.47 Å². The fraction of sp³-hybridized carbons (Fsp3) is 0.684. The molecular weight excluding hydrogens is 340 g/mol. The van der Waals surface area contributed by atoms with Gasteiger partial charge in [0.1, 0.15) is 30.2 Å². The first kappa shape index (κ1) is 19.5. The summed E-state index contributed by atoms with van der Waals surface area (Å²) < 4.78 is 17.7. The minimum Gasteiger partial charge on any atom is -0.462 e. The van der Waals surface area contributed by atoms with Gasteiger partial charge in [0.25, 0.3) is 0 Å². The second kappa shape index (κ2) is 6.74. The molecule has 0 spiro atoms. The van der Waals surface area contributed by atoms with Crippen LogP contribution in [0.1, 0.15) is 39.2 Å². The molecule has 0 aromatic heterocycles. The highest BCUT2D eigenvalue weighted by Crippen LogP contribution is 2.53. The molecule has 0 saturated carbocycles. The maximum atomic E-state index is 10.3. The Bertz CT molecular complexity index is 647. The summed E-state index contributed by atoms with van der Waals surface area (Å²) >= 11 is 0. The molecule has 1 aromatic carbocycles. The second-order valence-electron chi connectivity index (χ2n) is 7.84. The molecule has 7 nitrogen and oxygen atoms in total. The summed E-state index contributed by atoms with van der Waals surface area (Å²) in [5, 5.41) is 39.6. The number of hydrogen-bond donors (Lipinski definition) is 4. The molecule has 7 heteroatoms. The lowest BCUT2D eigenvalue weighted by atomic mass is 9.68. The molecule has 26 heavy (non-hydrogen) atoms. The van der Waals surface area contributed by atoms with Gasteiger partial charge in [-0.05, 0) is 17.5 Å². The van der Waals surface area contributed by atoms with Crippen LogP contribution in [0.3, 0.4) is 0 Å². The van der Waals surface area contributed by atoms with Crippen molar-refractivity contribution >= 4 is 0 Å². The number of rotatable bonds is 3. The van der Waals surface area contributed by atoms with E-state index in [0.29, 0.717) is 5.75 Å². The van der Waals surface area contributed by atoms with Crippen molar-refractivity contribution in [2.75, 3.05) is 6.61 Å². The Hall–Kier alpha value is -1.22. The Kier molecular flexibility index (Phi) is 5.07. The van der Waals surface area contributed by atoms with Gasteiger partial charge in [0.2, 0.25) is 5.79 Å². The van der Waals surface area contributed by atoms with Crippen LogP contribution in [0.15, 0.2) is 24.3 Å². The Morgan fingerprint density at radius 2 is 1.69 bits per heavy atom. The summed E-state index contributed by atoms with van der Waals surface area (Å²) in [5.74, 6) is -0.400. The van der Waals surface area contributed by atoms with Crippen molar-refractivity contribution < 1.29 is 34.6 Å². The molecule has 4 N–H and O–H groups in total. The molecular formula is C19H28O7. The molecule has 2 heterocycles. The number of ether oxygens (including phenoxy) is 3. The number of para-hydroxylation sites is 1. The van der Waals surface area contributed by atoms with E-state index in [9.17, 15) is 20.4 Å². The summed E-state index contributed by atoms with van der Waals surface area (Å²) in [6.45, 7) is 7.33. The molecule has 2 aliphatic rings. The zero-order valence-corrected chi connectivity index (χ0v) is 15.5. The van der Waals surface area contributed by atoms with Gasteiger partial charge in [0, 0.05) is 12.3 Å². The van der Waals surface area contributed by atoms with Crippen molar-refractivity contribution in [3.63, 3.8) is 0 Å². The van der Waals surface area contributed by atoms with Gasteiger partial charge in [0.15, 0.2) is 6.29 Å². The third-order valence-electron chi connectivity index (χ3n) is 6.13. The van der Waals surface area contributed by atoms with Crippen molar-refractivity contribution in [2.45, 2.75) is 70.1 Å². The first-order valence-corrected chi connectivity index (χ1v) is 8.88. The van der Waals surface area contributed by atoms with Crippen molar-refractivity contribution in [1.82, 2.24) is 0 Å². The summed E-state index contributed by atoms with van der Waals surface area (Å²) in [6, 6.07) is 7.69. The highest BCUT2D eigenvalue weighted by atomic mass is 16.8. The molecule has 1 saturated heterocycles. The van der Waals surface area contributed by atoms with Gasteiger partial charge in [-0.1, -0.05) is 39.0 Å². The molecule has 0 aliphatic carbocycles. The molecule has 146 valence electrons. The van der Waals surface area contributed by atoms with Crippen LogP contribution in [0.2, 0.25) is 0 Å². The fourth-order valence-electron chi connectivity index (χ4n) is 3.62. The van der Waals surface area contributed by atoms with E-state index in [1.165, 1.54) is 0 Å². The average molecular weight is 368 g/mol. The van der Waals surface area contributed by atoms with E-state index >= 15 is 0 Å². The van der Waals surface area contributed by atoms with Gasteiger partial charge >= 0.3 is 0 Å². The monoisotopic (exact) mass is 368 g/mol. The number of aliphatic hydroxyl groups is 4. The van der Waals surface area contributed by atoms with Crippen LogP contribution in [-0.4, -0.2) is 63.5 Å². The van der Waals surface area contributed by atoms with Crippen LogP contribution >= 0.6 is 0 Å². The molecule has 0 bridgehead atoms. The summed E-state index contributed by atoms with van der Waals surface area (Å²) in [6.07, 6.45) is -6.68. The molecule has 2 aliphatic heterocycles. The zero-order valence-electron chi connectivity index (χ0n) is 15.5. The standard InChI is InChI=1S/C19H28O7/c1-10-11-7-5-6-8-12(11)25-19(4,18(10,2)3)26-17-16(23)15(22)14(21)13(9-20)24-17/h5-8,10,13-17,20-23H,9H2,1-4H3/t10?,13-,14-,15+,16-,17?,19?/m1/s1. The number of benzene rings is 1. The van der Waals surface area contributed by atoms with Gasteiger partial charge in [-0.25, -0.2) is 0 Å². The Morgan fingerprint density at radius 1 is 1.04 bits per heavy atom. The van der Waals surface area contributed by atoms with E-state index in [4.69, 9.17) is 14.2 Å². The molecule has 1 fully saturated rings. The largest absolute Gasteiger partial charge is 0.462 e. The summed E-state index contributed by atoms with van der Waals surface area (Å²) in [5.41, 5.74) is 0.563. The number of aliphatic hydroxyl groups excluding tert-OH is 4. The third-order valence-corrected chi connectivity index (χ3v) is 6.13. The lowest BCUT2D eigenvalue weighted by Gasteiger charge is -2.53. The predicted molar refractivity (Wildman–Crippen MR) is 92.5 cm³/mol. The quantitative estimate of drug-likeness (QED) is 0.623. The highest BCUT2D eigenvalue weighted by molar-refractivity contribution is 5.40. The van der Waals surface area contributed by atoms with Crippen molar-refractivity contribution in [3.05, 3.63) is 29.8 Å². The minimum absolute atomic E-state index is 0.0855. The maximum Gasteiger partial charge on any atom is 0.216 e. The molecule has 1 aromatic rings. The fourth-order valence-corrected chi connectivity index (χ4v) is 3.62. The Morgan fingerprint density at radius 3 is 2.35 bits per heavy atom. The van der Waals surface area contributed by atoms with Gasteiger partial charge in [-0.3, -0.25) is 0 Å². The van der Waals surface area contributed by atoms with E-state index in [1.54, 1.807) is 6.92 Å². The van der Waals surface area contributed by atoms with Crippen LogP contribution in [0.4, 0.5) is 0 Å². The van der Waals surface area contributed by atoms with Crippen LogP contribution in [0.5, 0.6) is 5.75 Å². The minimum atomic E-state index is -1.49. The van der Waals surface area contributed by atoms with E-state index in [0.717, 1.165) is 5.56 Å². The first-order valence-electron chi connectivity index (χ1n) is 8.88. The van der Waals surface area contributed by atoms with Crippen molar-refractivity contribution in [3.8, 4) is 5.75 Å². The first-order chi connectivity index (χ1) is 12.1. The topological polar surface area (TPSA) is 109 Å². The van der Waals surface area contributed by atoms with E-state index in [-0.39, 0.29) is 5.92 Å². The van der Waals surface area contributed by atoms with E-state index in [2.05, 4.69) is 6.92 Å². The molecule has 3 unspecified atom stereocenters. The predicted octanol–water partition coefficient (Wildman–Crippen LogP) is 0.741. The summed E-state index contributed by atoms with van der Waals surface area (Å²) in [4.78, 5) is 0.